The molecule has 0 heterocycles. The lowest BCUT2D eigenvalue weighted by molar-refractivity contribution is -0.382. The highest BCUT2D eigenvalue weighted by Crippen LogP contribution is 2.54. The molecule has 0 radical (unpaired) electrons. The molecule has 0 aliphatic heterocycles. The maximum Gasteiger partial charge on any atom is 0.460 e. The summed E-state index contributed by atoms with van der Waals surface area (Å²) in [5, 5.41) is -7.68. The predicted octanol–water partition coefficient (Wildman–Crippen LogP) is 3.42. The van der Waals surface area contributed by atoms with Gasteiger partial charge in [0.25, 0.3) is 20.0 Å². The molecule has 0 bridgehead atoms. The monoisotopic (exact) mass is 529 g/mol. The van der Waals surface area contributed by atoms with Gasteiger partial charge in [0.1, 0.15) is 0 Å². The number of hydrogen-bond donors (Lipinski definition) is 1. The number of hydrogen-bond acceptors (Lipinski definition) is 4. The number of benzene rings is 1. The van der Waals surface area contributed by atoms with E-state index in [2.05, 4.69) is 0 Å². The Morgan fingerprint density at radius 2 is 0.871 bits per heavy atom. The van der Waals surface area contributed by atoms with Gasteiger partial charge in [0.05, 0.1) is 0 Å². The second kappa shape index (κ2) is 7.32. The molecule has 1 N–H and O–H groups in total. The first-order valence-electron chi connectivity index (χ1n) is 6.38. The van der Waals surface area contributed by atoms with Crippen molar-refractivity contribution in [2.24, 2.45) is 0 Å². The summed E-state index contributed by atoms with van der Waals surface area (Å²) >= 11 is 0. The van der Waals surface area contributed by atoms with E-state index < -0.39 is 81.4 Å². The van der Waals surface area contributed by atoms with Gasteiger partial charge in [0.2, 0.25) is 5.82 Å². The average molecular weight is 529 g/mol. The van der Waals surface area contributed by atoms with Crippen molar-refractivity contribution in [3.05, 3.63) is 29.1 Å². The maximum atomic E-state index is 13.4. The van der Waals surface area contributed by atoms with Crippen LogP contribution in [0, 0.1) is 29.1 Å². The summed E-state index contributed by atoms with van der Waals surface area (Å²) in [5.41, 5.74) is 0. The van der Waals surface area contributed by atoms with E-state index in [0.717, 1.165) is 0 Å². The second-order valence-corrected chi connectivity index (χ2v) is 8.75. The van der Waals surface area contributed by atoms with Crippen molar-refractivity contribution < 1.29 is 78.3 Å². The Kier molecular flexibility index (Phi) is 6.41. The molecule has 0 fully saturated rings. The lowest BCUT2D eigenvalue weighted by Gasteiger charge is -2.32. The van der Waals surface area contributed by atoms with Crippen LogP contribution in [0.5, 0.6) is 0 Å². The van der Waals surface area contributed by atoms with Crippen molar-refractivity contribution in [1.29, 1.82) is 0 Å². The van der Waals surface area contributed by atoms with Crippen LogP contribution >= 0.6 is 0 Å². The van der Waals surface area contributed by atoms with E-state index in [9.17, 15) is 78.3 Å². The fourth-order valence-electron chi connectivity index (χ4n) is 1.59. The van der Waals surface area contributed by atoms with Crippen LogP contribution in [0.15, 0.2) is 4.90 Å². The van der Waals surface area contributed by atoms with Crippen LogP contribution in [-0.2, 0) is 20.0 Å². The smallest absolute Gasteiger partial charge is 0.206 e. The van der Waals surface area contributed by atoms with Crippen molar-refractivity contribution in [3.8, 4) is 0 Å². The van der Waals surface area contributed by atoms with Crippen molar-refractivity contribution in [1.82, 2.24) is 4.13 Å². The van der Waals surface area contributed by atoms with Crippen LogP contribution in [0.2, 0.25) is 0 Å². The number of alkyl halides is 9. The Bertz CT molecular complexity index is 1080. The molecule has 5 nitrogen and oxygen atoms in total. The predicted molar refractivity (Wildman–Crippen MR) is 66.4 cm³/mol. The van der Waals surface area contributed by atoms with E-state index in [0.29, 0.717) is 0 Å². The maximum absolute atomic E-state index is 13.4. The van der Waals surface area contributed by atoms with Crippen LogP contribution in [0.1, 0.15) is 0 Å². The van der Waals surface area contributed by atoms with E-state index in [1.54, 1.807) is 0 Å². The van der Waals surface area contributed by atoms with Gasteiger partial charge in [0, 0.05) is 0 Å². The lowest BCUT2D eigenvalue weighted by Crippen LogP contribution is -2.65. The zero-order chi connectivity index (χ0) is 25.2. The molecule has 0 saturated heterocycles. The molecule has 1 rings (SSSR count). The number of sulfonamides is 2. The minimum Gasteiger partial charge on any atom is -0.206 e. The fourth-order valence-corrected chi connectivity index (χ4v) is 4.61. The quantitative estimate of drug-likeness (QED) is 0.348. The van der Waals surface area contributed by atoms with Gasteiger partial charge in [-0.05, 0) is 0 Å². The molecule has 1 aromatic rings. The molecule has 0 atom stereocenters. The summed E-state index contributed by atoms with van der Waals surface area (Å²) in [6.07, 6.45) is -7.53. The Morgan fingerprint density at radius 3 is 1.19 bits per heavy atom. The zero-order valence-corrected chi connectivity index (χ0v) is 14.9. The standard InChI is InChI=1S/C10HF14NO4S2/c11-1-2(12)4(14)6(5(15)3(1)13)30(26,27)25-31(28,29)10(23,24)8(18,19)7(16,17)9(20,21)22/h25H. The third kappa shape index (κ3) is 3.90. The average Bonchev–Trinajstić information content (AvgIpc) is 2.55. The summed E-state index contributed by atoms with van der Waals surface area (Å²) in [5.74, 6) is -31.9. The first-order chi connectivity index (χ1) is 13.4. The first kappa shape index (κ1) is 27.1. The molecule has 1 aromatic carbocycles. The minimum absolute atomic E-state index is 0.748. The number of halogens is 14. The van der Waals surface area contributed by atoms with Crippen LogP contribution in [0.25, 0.3) is 0 Å². The molecular formula is C10HF14NO4S2. The molecule has 0 unspecified atom stereocenters. The van der Waals surface area contributed by atoms with Crippen molar-refractivity contribution in [2.45, 2.75) is 28.2 Å². The third-order valence-corrected chi connectivity index (χ3v) is 6.69. The summed E-state index contributed by atoms with van der Waals surface area (Å²) in [6, 6.07) is 0. The molecule has 0 amide bonds. The lowest BCUT2D eigenvalue weighted by atomic mass is 10.1. The van der Waals surface area contributed by atoms with E-state index >= 15 is 0 Å². The number of rotatable bonds is 6. The molecule has 31 heavy (non-hydrogen) atoms. The first-order valence-corrected chi connectivity index (χ1v) is 9.35. The third-order valence-electron chi connectivity index (χ3n) is 3.11. The summed E-state index contributed by atoms with van der Waals surface area (Å²) < 4.78 is 225. The fraction of sp³-hybridized carbons (Fsp3) is 0.400. The van der Waals surface area contributed by atoms with E-state index in [1.807, 2.05) is 0 Å². The van der Waals surface area contributed by atoms with Gasteiger partial charge in [-0.1, -0.05) is 4.13 Å². The Hall–Kier alpha value is -1.90. The molecule has 180 valence electrons. The zero-order valence-electron chi connectivity index (χ0n) is 13.2. The summed E-state index contributed by atoms with van der Waals surface area (Å²) in [4.78, 5) is -3.26. The van der Waals surface area contributed by atoms with Gasteiger partial charge in [-0.2, -0.15) is 39.5 Å². The molecular weight excluding hydrogens is 528 g/mol. The van der Waals surface area contributed by atoms with Gasteiger partial charge < -0.3 is 0 Å². The Balaban J connectivity index is 3.70. The van der Waals surface area contributed by atoms with Crippen LogP contribution in [-0.4, -0.2) is 40.1 Å². The molecule has 0 spiro atoms. The van der Waals surface area contributed by atoms with Gasteiger partial charge in [-0.25, -0.2) is 38.8 Å². The van der Waals surface area contributed by atoms with Crippen LogP contribution < -0.4 is 4.13 Å². The van der Waals surface area contributed by atoms with Crippen LogP contribution in [0.3, 0.4) is 0 Å². The Morgan fingerprint density at radius 1 is 0.548 bits per heavy atom. The van der Waals surface area contributed by atoms with Gasteiger partial charge in [-0.3, -0.25) is 0 Å². The highest BCUT2D eigenvalue weighted by molar-refractivity contribution is 8.05. The number of nitrogens with one attached hydrogen (secondary N) is 1. The molecule has 0 aliphatic rings. The van der Waals surface area contributed by atoms with Crippen molar-refractivity contribution in [3.63, 3.8) is 0 Å². The second-order valence-electron chi connectivity index (χ2n) is 5.15. The minimum atomic E-state index is -8.01. The normalized spacial score (nSPS) is 14.8. The van der Waals surface area contributed by atoms with Crippen LogP contribution in [0.4, 0.5) is 61.5 Å². The summed E-state index contributed by atoms with van der Waals surface area (Å²) in [6.45, 7) is 0. The summed E-state index contributed by atoms with van der Waals surface area (Å²) in [7, 11) is -15.0. The van der Waals surface area contributed by atoms with Gasteiger partial charge >= 0.3 is 23.3 Å². The topological polar surface area (TPSA) is 80.3 Å². The molecule has 21 heteroatoms. The highest BCUT2D eigenvalue weighted by Gasteiger charge is 2.85. The van der Waals surface area contributed by atoms with E-state index in [4.69, 9.17) is 0 Å². The molecule has 0 saturated carbocycles. The van der Waals surface area contributed by atoms with E-state index in [1.165, 1.54) is 0 Å². The van der Waals surface area contributed by atoms with Crippen molar-refractivity contribution in [2.75, 3.05) is 0 Å². The highest BCUT2D eigenvalue weighted by atomic mass is 32.3. The van der Waals surface area contributed by atoms with Gasteiger partial charge in [-0.15, -0.1) is 0 Å². The van der Waals surface area contributed by atoms with Gasteiger partial charge in [0.15, 0.2) is 28.2 Å². The Labute approximate surface area is 160 Å². The largest absolute Gasteiger partial charge is 0.460 e. The molecule has 0 aliphatic carbocycles. The SMILES string of the molecule is O=S(=O)(NS(=O)(=O)C(F)(F)C(F)(F)C(F)(F)C(F)(F)F)c1c(F)c(F)c(F)c(F)c1F. The van der Waals surface area contributed by atoms with Crippen molar-refractivity contribution >= 4 is 20.0 Å². The molecule has 0 aromatic heterocycles. The van der Waals surface area contributed by atoms with E-state index in [-0.39, 0.29) is 0 Å².